The smallest absolute Gasteiger partial charge is 0.330 e. The molecule has 4 rings (SSSR count). The summed E-state index contributed by atoms with van der Waals surface area (Å²) >= 11 is 0. The highest BCUT2D eigenvalue weighted by molar-refractivity contribution is 7.51. The van der Waals surface area contributed by atoms with Crippen molar-refractivity contribution < 1.29 is 47.5 Å². The van der Waals surface area contributed by atoms with Gasteiger partial charge in [0.15, 0.2) is 0 Å². The first-order valence-electron chi connectivity index (χ1n) is 19.0. The van der Waals surface area contributed by atoms with Crippen molar-refractivity contribution in [2.24, 2.45) is 0 Å². The third-order valence-corrected chi connectivity index (χ3v) is 10.4. The summed E-state index contributed by atoms with van der Waals surface area (Å²) in [5, 5.41) is 14.8. The molecule has 9 N–H and O–H groups in total. The summed E-state index contributed by atoms with van der Waals surface area (Å²) in [5.74, 6) is -5.63. The van der Waals surface area contributed by atoms with Crippen LogP contribution >= 0.6 is 7.60 Å². The quantitative estimate of drug-likeness (QED) is 0.0358. The van der Waals surface area contributed by atoms with E-state index in [1.54, 1.807) is 17.3 Å². The first-order chi connectivity index (χ1) is 28.6. The summed E-state index contributed by atoms with van der Waals surface area (Å²) in [7, 11) is -4.33. The molecule has 0 bridgehead atoms. The molecule has 6 amide bonds. The van der Waals surface area contributed by atoms with E-state index >= 15 is 0 Å². The highest BCUT2D eigenvalue weighted by atomic mass is 31.2. The van der Waals surface area contributed by atoms with Crippen LogP contribution in [0.4, 0.5) is 0 Å². The summed E-state index contributed by atoms with van der Waals surface area (Å²) in [5.41, 5.74) is 0.327. The van der Waals surface area contributed by atoms with Gasteiger partial charge in [0.1, 0.15) is 19.9 Å². The summed E-state index contributed by atoms with van der Waals surface area (Å²) in [6.07, 6.45) is 4.49. The number of carbonyl (C=O) groups is 6. The Morgan fingerprint density at radius 1 is 0.817 bits per heavy atom. The molecular weight excluding hydrogens is 813 g/mol. The minimum Gasteiger partial charge on any atom is -0.778 e. The molecule has 4 heterocycles. The molecule has 26 heteroatoms. The fourth-order valence-corrected chi connectivity index (χ4v) is 6.49. The summed E-state index contributed by atoms with van der Waals surface area (Å²) in [6.45, 7) is 3.03. The van der Waals surface area contributed by atoms with Gasteiger partial charge in [0, 0.05) is 120 Å². The third kappa shape index (κ3) is 15.0. The number of ether oxygens (including phenoxy) is 1. The predicted molar refractivity (Wildman–Crippen MR) is 207 cm³/mol. The SMILES string of the molecule is CCP(=O)([O-])OC1C[C@H](n2cc(C)c(=O)[nH]c2=O)O[C@@H]1CNC(=O)C(=O)NCCN(CCNC(=O)C(=O)NCCc1cnc[nH]1)CCNC(=O)C(=O)NCCc1cnc[nH]1. The van der Waals surface area contributed by atoms with E-state index in [0.717, 1.165) is 16.0 Å². The van der Waals surface area contributed by atoms with Gasteiger partial charge in [0.05, 0.1) is 18.8 Å². The van der Waals surface area contributed by atoms with E-state index in [4.69, 9.17) is 9.26 Å². The number of nitrogens with zero attached hydrogens (tertiary/aromatic N) is 4. The fourth-order valence-electron chi connectivity index (χ4n) is 5.70. The Bertz CT molecular complexity index is 2020. The number of carbonyl (C=O) groups excluding carboxylic acids is 6. The van der Waals surface area contributed by atoms with Crippen molar-refractivity contribution in [3.8, 4) is 0 Å². The number of amides is 6. The van der Waals surface area contributed by atoms with E-state index in [2.05, 4.69) is 56.8 Å². The maximum Gasteiger partial charge on any atom is 0.330 e. The number of aryl methyl sites for hydroxylation is 1. The van der Waals surface area contributed by atoms with Gasteiger partial charge in [-0.15, -0.1) is 0 Å². The average molecular weight is 863 g/mol. The molecular formula is C34H49N13O12P-. The number of imidazole rings is 2. The van der Waals surface area contributed by atoms with Crippen LogP contribution in [0.3, 0.4) is 0 Å². The Hall–Kier alpha value is -6.01. The largest absolute Gasteiger partial charge is 0.778 e. The number of rotatable bonds is 21. The minimum atomic E-state index is -4.33. The Morgan fingerprint density at radius 3 is 1.73 bits per heavy atom. The van der Waals surface area contributed by atoms with Gasteiger partial charge in [-0.05, 0) is 6.92 Å². The van der Waals surface area contributed by atoms with Crippen molar-refractivity contribution in [2.45, 2.75) is 51.5 Å². The molecule has 25 nitrogen and oxygen atoms in total. The zero-order chi connectivity index (χ0) is 43.7. The molecule has 3 aromatic heterocycles. The van der Waals surface area contributed by atoms with Gasteiger partial charge in [-0.1, -0.05) is 6.92 Å². The number of hydrogen-bond acceptors (Lipinski definition) is 15. The monoisotopic (exact) mass is 862 g/mol. The zero-order valence-corrected chi connectivity index (χ0v) is 33.8. The first kappa shape index (κ1) is 46.7. The van der Waals surface area contributed by atoms with Crippen LogP contribution in [0.15, 0.2) is 40.8 Å². The van der Waals surface area contributed by atoms with Crippen LogP contribution in [0.5, 0.6) is 0 Å². The van der Waals surface area contributed by atoms with E-state index in [-0.39, 0.29) is 77.0 Å². The lowest BCUT2D eigenvalue weighted by atomic mass is 10.2. The van der Waals surface area contributed by atoms with Gasteiger partial charge in [0.25, 0.3) is 5.56 Å². The third-order valence-electron chi connectivity index (χ3n) is 9.01. The molecule has 0 radical (unpaired) electrons. The van der Waals surface area contributed by atoms with Crippen LogP contribution in [0.2, 0.25) is 0 Å². The molecule has 3 aromatic rings. The molecule has 60 heavy (non-hydrogen) atoms. The van der Waals surface area contributed by atoms with Crippen molar-refractivity contribution in [1.82, 2.24) is 66.3 Å². The van der Waals surface area contributed by atoms with Gasteiger partial charge in [-0.25, -0.2) is 14.8 Å². The van der Waals surface area contributed by atoms with E-state index < -0.39 is 72.7 Å². The van der Waals surface area contributed by atoms with Crippen molar-refractivity contribution in [2.75, 3.05) is 65.1 Å². The molecule has 1 saturated heterocycles. The molecule has 0 aromatic carbocycles. The normalized spacial score (nSPS) is 17.0. The molecule has 2 unspecified atom stereocenters. The Labute approximate surface area is 342 Å². The lowest BCUT2D eigenvalue weighted by Gasteiger charge is -2.28. The number of nitrogens with one attached hydrogen (secondary N) is 9. The second-order valence-corrected chi connectivity index (χ2v) is 15.5. The average Bonchev–Trinajstić information content (AvgIpc) is 4.01. The molecule has 1 aliphatic rings. The van der Waals surface area contributed by atoms with Crippen molar-refractivity contribution in [3.05, 3.63) is 69.0 Å². The molecule has 0 saturated carbocycles. The molecule has 1 aliphatic heterocycles. The molecule has 0 spiro atoms. The van der Waals surface area contributed by atoms with E-state index in [1.807, 2.05) is 0 Å². The van der Waals surface area contributed by atoms with Gasteiger partial charge in [-0.2, -0.15) is 0 Å². The number of aromatic amines is 3. The second kappa shape index (κ2) is 23.0. The maximum absolute atomic E-state index is 12.8. The van der Waals surface area contributed by atoms with Crippen LogP contribution in [-0.4, -0.2) is 147 Å². The molecule has 1 fully saturated rings. The topological polar surface area (TPSA) is 349 Å². The van der Waals surface area contributed by atoms with Crippen LogP contribution in [-0.2, 0) is 55.4 Å². The van der Waals surface area contributed by atoms with Gasteiger partial charge in [0.2, 0.25) is 0 Å². The van der Waals surface area contributed by atoms with E-state index in [1.165, 1.54) is 32.7 Å². The molecule has 4 atom stereocenters. The Balaban J connectivity index is 1.27. The van der Waals surface area contributed by atoms with Crippen LogP contribution in [0.25, 0.3) is 0 Å². The minimum absolute atomic E-state index is 0.0199. The fraction of sp³-hybridized carbons (Fsp3) is 0.529. The summed E-state index contributed by atoms with van der Waals surface area (Å²) in [6, 6.07) is 0. The van der Waals surface area contributed by atoms with Crippen molar-refractivity contribution in [1.29, 1.82) is 0 Å². The van der Waals surface area contributed by atoms with Gasteiger partial charge < -0.3 is 60.6 Å². The Kier molecular flexibility index (Phi) is 17.9. The van der Waals surface area contributed by atoms with Crippen LogP contribution in [0, 0.1) is 6.92 Å². The molecule has 328 valence electrons. The van der Waals surface area contributed by atoms with Crippen LogP contribution in [0.1, 0.15) is 36.5 Å². The number of H-pyrrole nitrogens is 3. The van der Waals surface area contributed by atoms with Gasteiger partial charge in [-0.3, -0.25) is 48.0 Å². The summed E-state index contributed by atoms with van der Waals surface area (Å²) < 4.78 is 24.6. The summed E-state index contributed by atoms with van der Waals surface area (Å²) in [4.78, 5) is 129. The number of aromatic nitrogens is 6. The lowest BCUT2D eigenvalue weighted by molar-refractivity contribution is -0.203. The van der Waals surface area contributed by atoms with Gasteiger partial charge >= 0.3 is 41.1 Å². The zero-order valence-electron chi connectivity index (χ0n) is 32.9. The maximum atomic E-state index is 12.8. The standard InChI is InChI=1S/C34H50N13O12P/c1-3-60(56,57)59-24-14-26(47-18-21(2)27(48)45-34(47)55)58-25(24)17-42-33(54)32(53)41-10-13-46(11-8-39-30(51)28(49)37-6-4-22-15-35-19-43-22)12-9-40-31(52)29(50)38-7-5-23-16-36-20-44-23/h15-16,18-20,24-26H,3-14,17H2,1-2H3,(H,35,43)(H,36,44)(H,37,49)(H,38,50)(H,39,51)(H,40,52)(H,41,53)(H,42,54)(H,56,57)(H,45,48,55)/p-1/t24?,25-,26-/m1/s1. The highest BCUT2D eigenvalue weighted by Crippen LogP contribution is 2.43. The molecule has 0 aliphatic carbocycles. The predicted octanol–water partition coefficient (Wildman–Crippen LogP) is -4.98. The van der Waals surface area contributed by atoms with E-state index in [0.29, 0.717) is 12.8 Å². The Morgan fingerprint density at radius 2 is 1.28 bits per heavy atom. The van der Waals surface area contributed by atoms with E-state index in [9.17, 15) is 47.8 Å². The second-order valence-electron chi connectivity index (χ2n) is 13.4. The van der Waals surface area contributed by atoms with Crippen LogP contribution < -0.4 is 48.0 Å². The number of hydrogen-bond donors (Lipinski definition) is 9. The van der Waals surface area contributed by atoms with Crippen molar-refractivity contribution >= 4 is 43.0 Å². The highest BCUT2D eigenvalue weighted by Gasteiger charge is 2.39. The lowest BCUT2D eigenvalue weighted by Crippen LogP contribution is -2.48. The first-order valence-corrected chi connectivity index (χ1v) is 20.7. The van der Waals surface area contributed by atoms with Crippen molar-refractivity contribution in [3.63, 3.8) is 0 Å².